The zero-order chi connectivity index (χ0) is 10.1. The molecule has 0 heterocycles. The summed E-state index contributed by atoms with van der Waals surface area (Å²) in [4.78, 5) is -0.317. The Morgan fingerprint density at radius 3 is 2.36 bits per heavy atom. The van der Waals surface area contributed by atoms with Crippen LogP contribution in [0.15, 0.2) is 23.1 Å². The molecular weight excluding hydrogens is 235 g/mol. The first-order valence-electron chi connectivity index (χ1n) is 3.29. The van der Waals surface area contributed by atoms with Gasteiger partial charge in [0.25, 0.3) is 10.1 Å². The summed E-state index contributed by atoms with van der Waals surface area (Å²) in [6.07, 6.45) is 0. The predicted molar refractivity (Wildman–Crippen MR) is 51.6 cm³/mol. The minimum absolute atomic E-state index is 0. The van der Waals surface area contributed by atoms with E-state index in [-0.39, 0.29) is 67.8 Å². The first kappa shape index (κ1) is 14.4. The molecule has 1 aromatic carbocycles. The molecule has 0 aliphatic carbocycles. The van der Waals surface area contributed by atoms with Crippen molar-refractivity contribution >= 4 is 61.5 Å². The van der Waals surface area contributed by atoms with E-state index in [1.807, 2.05) is 0 Å². The van der Waals surface area contributed by atoms with Crippen molar-refractivity contribution in [2.24, 2.45) is 0 Å². The van der Waals surface area contributed by atoms with Crippen LogP contribution < -0.4 is 4.74 Å². The summed E-state index contributed by atoms with van der Waals surface area (Å²) in [5, 5.41) is 9.10. The maximum absolute atomic E-state index is 10.6. The Kier molecular flexibility index (Phi) is 5.59. The molecule has 0 unspecified atom stereocenters. The molecule has 0 spiro atoms. The van der Waals surface area contributed by atoms with Gasteiger partial charge in [-0.1, -0.05) is 0 Å². The number of phenols is 1. The quantitative estimate of drug-likeness (QED) is 0.565. The first-order chi connectivity index (χ1) is 5.95. The van der Waals surface area contributed by atoms with E-state index >= 15 is 0 Å². The van der Waals surface area contributed by atoms with Crippen LogP contribution in [-0.4, -0.2) is 76.6 Å². The molecule has 0 aliphatic rings. The van der Waals surface area contributed by atoms with Crippen LogP contribution >= 0.6 is 0 Å². The molecule has 0 amide bonds. The Labute approximate surface area is 124 Å². The average Bonchev–Trinajstić information content (AvgIpc) is 2.03. The van der Waals surface area contributed by atoms with Crippen LogP contribution in [0, 0.1) is 0 Å². The summed E-state index contributed by atoms with van der Waals surface area (Å²) in [5.41, 5.74) is 0. The van der Waals surface area contributed by atoms with Gasteiger partial charge in [0.15, 0.2) is 11.5 Å². The van der Waals surface area contributed by atoms with Crippen molar-refractivity contribution in [3.63, 3.8) is 0 Å². The predicted octanol–water partition coefficient (Wildman–Crippen LogP) is -0.00100. The summed E-state index contributed by atoms with van der Waals surface area (Å²) in [7, 11) is -2.96. The van der Waals surface area contributed by atoms with Gasteiger partial charge in [-0.15, -0.1) is 0 Å². The van der Waals surface area contributed by atoms with Crippen molar-refractivity contribution in [3.05, 3.63) is 18.2 Å². The molecule has 74 valence electrons. The number of hydrogen-bond donors (Lipinski definition) is 2. The molecule has 14 heavy (non-hydrogen) atoms. The van der Waals surface area contributed by atoms with Crippen LogP contribution in [0.2, 0.25) is 0 Å². The molecule has 0 radical (unpaired) electrons. The van der Waals surface area contributed by atoms with Gasteiger partial charge in [0.2, 0.25) is 0 Å². The number of phenolic OH excluding ortho intramolecular Hbond substituents is 1. The minimum atomic E-state index is -4.24. The number of benzene rings is 1. The van der Waals surface area contributed by atoms with Crippen molar-refractivity contribution in [1.29, 1.82) is 0 Å². The molecule has 5 nitrogen and oxygen atoms in total. The van der Waals surface area contributed by atoms with Crippen molar-refractivity contribution in [2.45, 2.75) is 4.90 Å². The number of methoxy groups -OCH3 is 1. The van der Waals surface area contributed by atoms with Gasteiger partial charge in [0.05, 0.1) is 12.0 Å². The van der Waals surface area contributed by atoms with Gasteiger partial charge < -0.3 is 9.84 Å². The summed E-state index contributed by atoms with van der Waals surface area (Å²) in [6, 6.07) is 3.24. The maximum atomic E-state index is 10.6. The van der Waals surface area contributed by atoms with Crippen molar-refractivity contribution < 1.29 is 22.8 Å². The molecule has 1 rings (SSSR count). The Balaban J connectivity index is 0.00000169. The van der Waals surface area contributed by atoms with Gasteiger partial charge >= 0.3 is 51.4 Å². The second-order valence-corrected chi connectivity index (χ2v) is 3.73. The van der Waals surface area contributed by atoms with Gasteiger partial charge in [-0.05, 0) is 12.1 Å². The fraction of sp³-hybridized carbons (Fsp3) is 0.143. The molecule has 2 N–H and O–H groups in total. The Morgan fingerprint density at radius 1 is 1.36 bits per heavy atom. The summed E-state index contributed by atoms with van der Waals surface area (Å²) >= 11 is 0. The van der Waals surface area contributed by atoms with Gasteiger partial charge in [0.1, 0.15) is 0 Å². The monoisotopic (exact) mass is 244 g/mol. The third-order valence-electron chi connectivity index (χ3n) is 1.45. The molecule has 0 saturated carbocycles. The zero-order valence-corrected chi connectivity index (χ0v) is 7.58. The third-order valence-corrected chi connectivity index (χ3v) is 2.30. The average molecular weight is 244 g/mol. The van der Waals surface area contributed by atoms with E-state index in [4.69, 9.17) is 9.66 Å². The number of rotatable bonds is 2. The second-order valence-electron chi connectivity index (χ2n) is 2.31. The van der Waals surface area contributed by atoms with Crippen molar-refractivity contribution in [1.82, 2.24) is 0 Å². The van der Waals surface area contributed by atoms with Gasteiger partial charge in [-0.2, -0.15) is 8.42 Å². The van der Waals surface area contributed by atoms with Gasteiger partial charge in [-0.25, -0.2) is 0 Å². The third kappa shape index (κ3) is 3.50. The summed E-state index contributed by atoms with van der Waals surface area (Å²) < 4.78 is 34.6. The number of ether oxygens (including phenoxy) is 1. The van der Waals surface area contributed by atoms with Crippen LogP contribution in [0.3, 0.4) is 0 Å². The molecule has 0 aromatic heterocycles. The Hall–Kier alpha value is 0.366. The molecule has 0 bridgehead atoms. The molecule has 0 fully saturated rings. The fourth-order valence-electron chi connectivity index (χ4n) is 0.818. The molecule has 1 aromatic rings. The van der Waals surface area contributed by atoms with E-state index in [0.717, 1.165) is 18.2 Å². The van der Waals surface area contributed by atoms with Crippen LogP contribution in [0.25, 0.3) is 0 Å². The second kappa shape index (κ2) is 5.45. The fourth-order valence-corrected chi connectivity index (χ4v) is 1.31. The van der Waals surface area contributed by atoms with E-state index in [1.54, 1.807) is 0 Å². The number of hydrogen-bond acceptors (Lipinski definition) is 4. The van der Waals surface area contributed by atoms with Gasteiger partial charge in [0, 0.05) is 6.07 Å². The molecule has 0 saturated heterocycles. The first-order valence-corrected chi connectivity index (χ1v) is 4.73. The van der Waals surface area contributed by atoms with Crippen molar-refractivity contribution in [3.8, 4) is 11.5 Å². The Morgan fingerprint density at radius 2 is 1.93 bits per heavy atom. The SMILES string of the molecule is COc1cc(S(=O)(=O)O)ccc1O.[KH]. The molecule has 0 aliphatic heterocycles. The molecule has 7 heteroatoms. The van der Waals surface area contributed by atoms with Crippen LogP contribution in [0.5, 0.6) is 11.5 Å². The van der Waals surface area contributed by atoms with E-state index in [9.17, 15) is 8.42 Å². The standard InChI is InChI=1S/C7H8O5S.K.H/c1-12-7-4-5(13(9,10)11)2-3-6(7)8;;/h2-4,8H,1H3,(H,9,10,11);;. The van der Waals surface area contributed by atoms with Crippen LogP contribution in [0.1, 0.15) is 0 Å². The molecule has 0 atom stereocenters. The van der Waals surface area contributed by atoms with E-state index in [1.165, 1.54) is 7.11 Å². The zero-order valence-electron chi connectivity index (χ0n) is 6.76. The van der Waals surface area contributed by atoms with E-state index < -0.39 is 10.1 Å². The van der Waals surface area contributed by atoms with Crippen LogP contribution in [0.4, 0.5) is 0 Å². The van der Waals surface area contributed by atoms with E-state index in [2.05, 4.69) is 4.74 Å². The van der Waals surface area contributed by atoms with E-state index in [0.29, 0.717) is 0 Å². The van der Waals surface area contributed by atoms with Gasteiger partial charge in [-0.3, -0.25) is 4.55 Å². The Bertz CT molecular complexity index is 414. The van der Waals surface area contributed by atoms with Crippen LogP contribution in [-0.2, 0) is 10.1 Å². The summed E-state index contributed by atoms with van der Waals surface area (Å²) in [6.45, 7) is 0. The number of aromatic hydroxyl groups is 1. The van der Waals surface area contributed by atoms with Crippen molar-refractivity contribution in [2.75, 3.05) is 7.11 Å². The normalized spacial score (nSPS) is 10.4. The topological polar surface area (TPSA) is 83.8 Å². The summed E-state index contributed by atoms with van der Waals surface area (Å²) in [5.74, 6) is -0.190. The molecular formula is C7H9KO5S.